The summed E-state index contributed by atoms with van der Waals surface area (Å²) in [5.41, 5.74) is 3.46. The number of rotatable bonds is 5. The number of amides is 1. The van der Waals surface area contributed by atoms with E-state index in [0.717, 1.165) is 25.9 Å². The minimum atomic E-state index is -0.0668. The van der Waals surface area contributed by atoms with E-state index in [1.165, 1.54) is 11.1 Å². The molecule has 0 aromatic heterocycles. The Kier molecular flexibility index (Phi) is 5.30. The van der Waals surface area contributed by atoms with Crippen LogP contribution in [0.2, 0.25) is 0 Å². The fraction of sp³-hybridized carbons (Fsp3) is 0.409. The molecule has 27 heavy (non-hydrogen) atoms. The van der Waals surface area contributed by atoms with Gasteiger partial charge in [-0.25, -0.2) is 0 Å². The van der Waals surface area contributed by atoms with Gasteiger partial charge in [-0.3, -0.25) is 9.69 Å². The molecule has 0 saturated carbocycles. The highest BCUT2D eigenvalue weighted by Gasteiger charge is 2.23. The van der Waals surface area contributed by atoms with E-state index in [0.29, 0.717) is 42.9 Å². The van der Waals surface area contributed by atoms with Gasteiger partial charge in [0.2, 0.25) is 0 Å². The highest BCUT2D eigenvalue weighted by molar-refractivity contribution is 5.94. The van der Waals surface area contributed by atoms with E-state index >= 15 is 0 Å². The number of nitrogens with one attached hydrogen (secondary N) is 1. The zero-order valence-electron chi connectivity index (χ0n) is 15.7. The third kappa shape index (κ3) is 3.93. The first kappa shape index (κ1) is 17.9. The molecule has 4 rings (SSSR count). The van der Waals surface area contributed by atoms with Crippen LogP contribution in [0.25, 0.3) is 0 Å². The Hall–Kier alpha value is -2.53. The minimum Gasteiger partial charge on any atom is -0.486 e. The lowest BCUT2D eigenvalue weighted by Gasteiger charge is -2.35. The highest BCUT2D eigenvalue weighted by Crippen LogP contribution is 2.30. The van der Waals surface area contributed by atoms with E-state index in [1.807, 2.05) is 6.07 Å². The molecule has 2 aromatic carbocycles. The number of carbonyl (C=O) groups is 1. The quantitative estimate of drug-likeness (QED) is 0.884. The number of nitrogens with zero attached hydrogens (tertiary/aromatic N) is 1. The van der Waals surface area contributed by atoms with Crippen LogP contribution in [-0.2, 0) is 13.0 Å². The lowest BCUT2D eigenvalue weighted by Crippen LogP contribution is -2.45. The van der Waals surface area contributed by atoms with Crippen LogP contribution in [0, 0.1) is 0 Å². The van der Waals surface area contributed by atoms with Crippen LogP contribution in [0.15, 0.2) is 42.5 Å². The van der Waals surface area contributed by atoms with Crippen molar-refractivity contribution in [2.45, 2.75) is 32.4 Å². The number of ether oxygens (including phenoxy) is 2. The summed E-state index contributed by atoms with van der Waals surface area (Å²) in [6.45, 7) is 5.89. The van der Waals surface area contributed by atoms with Crippen molar-refractivity contribution in [2.24, 2.45) is 0 Å². The van der Waals surface area contributed by atoms with Crippen LogP contribution in [0.3, 0.4) is 0 Å². The molecule has 1 N–H and O–H groups in total. The summed E-state index contributed by atoms with van der Waals surface area (Å²) < 4.78 is 11.1. The molecule has 1 amide bonds. The van der Waals surface area contributed by atoms with Crippen molar-refractivity contribution >= 4 is 5.91 Å². The van der Waals surface area contributed by atoms with Crippen LogP contribution < -0.4 is 14.8 Å². The number of hydrogen-bond donors (Lipinski definition) is 1. The standard InChI is InChI=1S/C22H26N2O3/c1-2-19(24-10-9-16-5-3-4-6-18(16)15-24)14-23-22(25)17-7-8-20-21(13-17)27-12-11-26-20/h3-8,13,19H,2,9-12,14-15H2,1H3,(H,23,25). The minimum absolute atomic E-state index is 0.0668. The molecule has 5 nitrogen and oxygen atoms in total. The summed E-state index contributed by atoms with van der Waals surface area (Å²) >= 11 is 0. The zero-order chi connectivity index (χ0) is 18.6. The van der Waals surface area contributed by atoms with Crippen LogP contribution >= 0.6 is 0 Å². The van der Waals surface area contributed by atoms with E-state index in [-0.39, 0.29) is 5.91 Å². The molecule has 0 spiro atoms. The second-order valence-electron chi connectivity index (χ2n) is 7.12. The Morgan fingerprint density at radius 3 is 2.70 bits per heavy atom. The van der Waals surface area contributed by atoms with Crippen molar-refractivity contribution in [3.8, 4) is 11.5 Å². The first-order chi connectivity index (χ1) is 13.2. The summed E-state index contributed by atoms with van der Waals surface area (Å²) in [7, 11) is 0. The van der Waals surface area contributed by atoms with Crippen molar-refractivity contribution in [3.05, 3.63) is 59.2 Å². The molecule has 0 fully saturated rings. The normalized spacial score (nSPS) is 17.1. The topological polar surface area (TPSA) is 50.8 Å². The van der Waals surface area contributed by atoms with Crippen LogP contribution in [0.1, 0.15) is 34.8 Å². The van der Waals surface area contributed by atoms with Gasteiger partial charge in [-0.05, 0) is 42.2 Å². The van der Waals surface area contributed by atoms with Crippen molar-refractivity contribution in [1.82, 2.24) is 10.2 Å². The molecule has 0 saturated heterocycles. The second kappa shape index (κ2) is 8.01. The molecule has 2 aliphatic heterocycles. The predicted molar refractivity (Wildman–Crippen MR) is 104 cm³/mol. The van der Waals surface area contributed by atoms with E-state index < -0.39 is 0 Å². The number of hydrogen-bond acceptors (Lipinski definition) is 4. The predicted octanol–water partition coefficient (Wildman–Crippen LogP) is 3.02. The molecule has 2 aromatic rings. The number of benzene rings is 2. The van der Waals surface area contributed by atoms with Gasteiger partial charge in [0.05, 0.1) is 0 Å². The van der Waals surface area contributed by atoms with Crippen molar-refractivity contribution in [3.63, 3.8) is 0 Å². The van der Waals surface area contributed by atoms with E-state index in [2.05, 4.69) is 41.4 Å². The summed E-state index contributed by atoms with van der Waals surface area (Å²) in [5, 5.41) is 3.10. The molecule has 2 aliphatic rings. The number of carbonyl (C=O) groups excluding carboxylic acids is 1. The first-order valence-electron chi connectivity index (χ1n) is 9.73. The average molecular weight is 366 g/mol. The third-order valence-electron chi connectivity index (χ3n) is 5.45. The van der Waals surface area contributed by atoms with Gasteiger partial charge in [0.1, 0.15) is 13.2 Å². The third-order valence-corrected chi connectivity index (χ3v) is 5.45. The monoisotopic (exact) mass is 366 g/mol. The molecule has 0 radical (unpaired) electrons. The SMILES string of the molecule is CCC(CNC(=O)c1ccc2c(c1)OCCO2)N1CCc2ccccc2C1. The maximum absolute atomic E-state index is 12.6. The maximum Gasteiger partial charge on any atom is 0.251 e. The Bertz CT molecular complexity index is 821. The average Bonchev–Trinajstić information content (AvgIpc) is 2.73. The van der Waals surface area contributed by atoms with Gasteiger partial charge in [-0.15, -0.1) is 0 Å². The molecule has 1 unspecified atom stereocenters. The van der Waals surface area contributed by atoms with Gasteiger partial charge in [0.25, 0.3) is 5.91 Å². The maximum atomic E-state index is 12.6. The fourth-order valence-corrected chi connectivity index (χ4v) is 3.86. The fourth-order valence-electron chi connectivity index (χ4n) is 3.86. The largest absolute Gasteiger partial charge is 0.486 e. The second-order valence-corrected chi connectivity index (χ2v) is 7.12. The molecular weight excluding hydrogens is 340 g/mol. The summed E-state index contributed by atoms with van der Waals surface area (Å²) in [5.74, 6) is 1.28. The Balaban J connectivity index is 1.37. The lowest BCUT2D eigenvalue weighted by molar-refractivity contribution is 0.0925. The van der Waals surface area contributed by atoms with Crippen molar-refractivity contribution in [1.29, 1.82) is 0 Å². The Morgan fingerprint density at radius 2 is 1.89 bits per heavy atom. The van der Waals surface area contributed by atoms with Gasteiger partial charge in [0.15, 0.2) is 11.5 Å². The highest BCUT2D eigenvalue weighted by atomic mass is 16.6. The Labute approximate surface area is 160 Å². The zero-order valence-corrected chi connectivity index (χ0v) is 15.7. The van der Waals surface area contributed by atoms with E-state index in [4.69, 9.17) is 9.47 Å². The first-order valence-corrected chi connectivity index (χ1v) is 9.73. The molecule has 1 atom stereocenters. The van der Waals surface area contributed by atoms with Crippen LogP contribution in [0.5, 0.6) is 11.5 Å². The van der Waals surface area contributed by atoms with Gasteiger partial charge in [-0.2, -0.15) is 0 Å². The molecule has 0 aliphatic carbocycles. The Morgan fingerprint density at radius 1 is 1.11 bits per heavy atom. The van der Waals surface area contributed by atoms with E-state index in [9.17, 15) is 4.79 Å². The summed E-state index contributed by atoms with van der Waals surface area (Å²) in [4.78, 5) is 15.1. The summed E-state index contributed by atoms with van der Waals surface area (Å²) in [6, 6.07) is 14.3. The van der Waals surface area contributed by atoms with Gasteiger partial charge >= 0.3 is 0 Å². The molecule has 2 heterocycles. The van der Waals surface area contributed by atoms with Crippen molar-refractivity contribution < 1.29 is 14.3 Å². The lowest BCUT2D eigenvalue weighted by atomic mass is 9.98. The van der Waals surface area contributed by atoms with Gasteiger partial charge in [0, 0.05) is 31.2 Å². The van der Waals surface area contributed by atoms with E-state index in [1.54, 1.807) is 12.1 Å². The van der Waals surface area contributed by atoms with Gasteiger partial charge in [-0.1, -0.05) is 31.2 Å². The smallest absolute Gasteiger partial charge is 0.251 e. The molecule has 0 bridgehead atoms. The van der Waals surface area contributed by atoms with Gasteiger partial charge < -0.3 is 14.8 Å². The molecule has 142 valence electrons. The molecular formula is C22H26N2O3. The number of fused-ring (bicyclic) bond motifs is 2. The summed E-state index contributed by atoms with van der Waals surface area (Å²) in [6.07, 6.45) is 2.08. The van der Waals surface area contributed by atoms with Crippen LogP contribution in [-0.4, -0.2) is 43.2 Å². The van der Waals surface area contributed by atoms with Crippen LogP contribution in [0.4, 0.5) is 0 Å². The molecule has 5 heteroatoms. The van der Waals surface area contributed by atoms with Crippen molar-refractivity contribution in [2.75, 3.05) is 26.3 Å².